The van der Waals surface area contributed by atoms with Crippen molar-refractivity contribution in [3.05, 3.63) is 421 Å². The van der Waals surface area contributed by atoms with Crippen LogP contribution in [-0.2, 0) is 10.8 Å². The Morgan fingerprint density at radius 2 is 0.482 bits per heavy atom. The second kappa shape index (κ2) is 23.8. The minimum atomic E-state index is -0.655. The molecule has 16 aromatic carbocycles. The van der Waals surface area contributed by atoms with Gasteiger partial charge in [-0.15, -0.1) is 0 Å². The van der Waals surface area contributed by atoms with Crippen molar-refractivity contribution in [3.63, 3.8) is 0 Å². The molecule has 2 aliphatic heterocycles. The molecule has 518 valence electrons. The molecule has 6 heterocycles. The minimum Gasteiger partial charge on any atom is -0.309 e. The lowest BCUT2D eigenvalue weighted by molar-refractivity contribution is 0.748. The third-order valence-electron chi connectivity index (χ3n) is 24.3. The summed E-state index contributed by atoms with van der Waals surface area (Å²) in [5, 5.41) is 5.01. The van der Waals surface area contributed by atoms with Crippen molar-refractivity contribution < 1.29 is 0 Å². The first-order valence-corrected chi connectivity index (χ1v) is 38.3. The maximum absolute atomic E-state index is 5.59. The van der Waals surface area contributed by atoms with E-state index in [-0.39, 0.29) is 0 Å². The monoisotopic (exact) mass is 1420 g/mol. The van der Waals surface area contributed by atoms with E-state index in [0.29, 0.717) is 34.9 Å². The number of rotatable bonds is 9. The van der Waals surface area contributed by atoms with Gasteiger partial charge in [-0.25, -0.2) is 29.9 Å². The van der Waals surface area contributed by atoms with Crippen molar-refractivity contribution in [1.29, 1.82) is 0 Å². The van der Waals surface area contributed by atoms with Crippen molar-refractivity contribution in [2.45, 2.75) is 10.8 Å². The van der Waals surface area contributed by atoms with Crippen LogP contribution in [0.5, 0.6) is 0 Å². The van der Waals surface area contributed by atoms with Crippen molar-refractivity contribution >= 4 is 43.6 Å². The van der Waals surface area contributed by atoms with E-state index in [1.54, 1.807) is 0 Å². The second-order valence-corrected chi connectivity index (χ2v) is 29.8. The molecule has 0 radical (unpaired) electrons. The molecule has 112 heavy (non-hydrogen) atoms. The second-order valence-electron chi connectivity index (χ2n) is 29.8. The largest absolute Gasteiger partial charge is 0.309 e. The fraction of sp³-hybridized carbons (Fsp3) is 0.0192. The van der Waals surface area contributed by atoms with E-state index >= 15 is 0 Å². The summed E-state index contributed by atoms with van der Waals surface area (Å²) in [7, 11) is 0. The molecule has 0 fully saturated rings. The summed E-state index contributed by atoms with van der Waals surface area (Å²) in [4.78, 5) is 32.3. The van der Waals surface area contributed by atoms with Gasteiger partial charge in [0.2, 0.25) is 0 Å². The number of benzene rings is 16. The molecule has 20 aromatic rings. The van der Waals surface area contributed by atoms with Crippen LogP contribution in [-0.4, -0.2) is 39.0 Å². The van der Waals surface area contributed by atoms with Crippen molar-refractivity contribution in [2.24, 2.45) is 0 Å². The molecule has 24 rings (SSSR count). The summed E-state index contributed by atoms with van der Waals surface area (Å²) >= 11 is 0. The van der Waals surface area contributed by atoms with Gasteiger partial charge in [0.1, 0.15) is 0 Å². The smallest absolute Gasteiger partial charge is 0.164 e. The number of fused-ring (bicyclic) bond motifs is 24. The number of nitrogens with zero attached hydrogens (tertiary/aromatic N) is 8. The molecule has 0 N–H and O–H groups in total. The predicted molar refractivity (Wildman–Crippen MR) is 453 cm³/mol. The molecule has 0 saturated heterocycles. The van der Waals surface area contributed by atoms with Crippen LogP contribution >= 0.6 is 0 Å². The zero-order valence-corrected chi connectivity index (χ0v) is 60.4. The summed E-state index contributed by atoms with van der Waals surface area (Å²) in [5.74, 6) is 3.51. The maximum atomic E-state index is 5.59. The van der Waals surface area contributed by atoms with Gasteiger partial charge in [-0.2, -0.15) is 0 Å². The highest BCUT2D eigenvalue weighted by atomic mass is 15.1. The van der Waals surface area contributed by atoms with E-state index in [4.69, 9.17) is 29.9 Å². The van der Waals surface area contributed by atoms with Gasteiger partial charge in [0.15, 0.2) is 34.9 Å². The molecule has 0 bridgehead atoms. The van der Waals surface area contributed by atoms with Gasteiger partial charge in [0.05, 0.1) is 44.3 Å². The molecule has 0 saturated carbocycles. The lowest BCUT2D eigenvalue weighted by Crippen LogP contribution is -2.33. The van der Waals surface area contributed by atoms with Crippen LogP contribution in [0.3, 0.4) is 0 Å². The lowest BCUT2D eigenvalue weighted by Gasteiger charge is -2.39. The van der Waals surface area contributed by atoms with Gasteiger partial charge < -0.3 is 9.13 Å². The molecule has 4 aliphatic rings. The van der Waals surface area contributed by atoms with Crippen LogP contribution in [0.2, 0.25) is 0 Å². The standard InChI is InChI=1S/C104H62N8/c1-3-24-63(25-4-1)64-50-56-69(57-51-64)100-108-101(110-102(109-100)80-37-23-43-86-94(80)79-33-8-12-39-82(79)104(86)84-41-14-18-49-92(84)112-90-47-16-10-31-75(90)77-36-22-45-88(104)96(77)112)72-29-19-28-71(62-72)65-52-58-68(59-53-65)98-105-97(67-26-5-2-6-27-67)106-99(107-98)70-60-54-66(55-61-70)73-34-20-42-85-93(73)78-32-7-11-38-81(78)103(85)83-40-13-17-48-91(83)111-89-46-15-9-30-74(89)76-35-21-44-87(103)95(76)111/h1-62H. The highest BCUT2D eigenvalue weighted by Crippen LogP contribution is 2.65. The van der Waals surface area contributed by atoms with Crippen molar-refractivity contribution in [2.75, 3.05) is 0 Å². The van der Waals surface area contributed by atoms with Crippen molar-refractivity contribution in [3.8, 4) is 135 Å². The molecule has 8 heteroatoms. The maximum Gasteiger partial charge on any atom is 0.164 e. The molecule has 0 amide bonds. The normalized spacial score (nSPS) is 15.0. The Bertz CT molecular complexity index is 7360. The lowest BCUT2D eigenvalue weighted by atomic mass is 9.65. The first-order chi connectivity index (χ1) is 55.5. The van der Waals surface area contributed by atoms with Gasteiger partial charge in [0, 0.05) is 54.9 Å². The average Bonchev–Trinajstić information content (AvgIpc) is 1.50. The van der Waals surface area contributed by atoms with Gasteiger partial charge in [-0.05, 0) is 130 Å². The van der Waals surface area contributed by atoms with Crippen LogP contribution in [0.4, 0.5) is 0 Å². The summed E-state index contributed by atoms with van der Waals surface area (Å²) in [6.07, 6.45) is 0. The van der Waals surface area contributed by atoms with Crippen LogP contribution in [0.15, 0.2) is 376 Å². The van der Waals surface area contributed by atoms with Gasteiger partial charge >= 0.3 is 0 Å². The Hall–Kier alpha value is -14.9. The van der Waals surface area contributed by atoms with E-state index in [0.717, 1.165) is 72.3 Å². The first kappa shape index (κ1) is 62.2. The van der Waals surface area contributed by atoms with Crippen LogP contribution in [0, 0.1) is 0 Å². The summed E-state index contributed by atoms with van der Waals surface area (Å²) < 4.78 is 5.00. The SMILES string of the molecule is c1ccc(-c2ccc(-c3nc(-c4cccc(-c5ccc(-c6nc(-c7ccccc7)nc(-c7ccc(-c8cccc9c8-c8ccccc8C98c9ccccc9-n9c%10ccccc%10c%10cccc8c%109)cc7)n6)cc5)c4)nc(-c4cccc5c4-c4ccccc4C54c5ccccc5-n5c6ccccc6c6cccc4c65)n3)cc2)cc1. The molecular formula is C104H62N8. The Kier molecular flexibility index (Phi) is 13.2. The summed E-state index contributed by atoms with van der Waals surface area (Å²) in [5.41, 5.74) is 32.9. The third kappa shape index (κ3) is 8.71. The average molecular weight is 1420 g/mol. The number of aromatic nitrogens is 8. The molecule has 2 aliphatic carbocycles. The van der Waals surface area contributed by atoms with Crippen molar-refractivity contribution in [1.82, 2.24) is 39.0 Å². The molecule has 2 atom stereocenters. The quantitative estimate of drug-likeness (QED) is 0.143. The minimum absolute atomic E-state index is 0.557. The van der Waals surface area contributed by atoms with E-state index < -0.39 is 10.8 Å². The highest BCUT2D eigenvalue weighted by molar-refractivity contribution is 6.15. The first-order valence-electron chi connectivity index (χ1n) is 38.3. The highest BCUT2D eigenvalue weighted by Gasteiger charge is 2.53. The zero-order chi connectivity index (χ0) is 73.3. The molecular weight excluding hydrogens is 1360 g/mol. The van der Waals surface area contributed by atoms with Crippen LogP contribution in [0.1, 0.15) is 44.5 Å². The van der Waals surface area contributed by atoms with Crippen LogP contribution in [0.25, 0.3) is 179 Å². The van der Waals surface area contributed by atoms with E-state index in [1.165, 1.54) is 116 Å². The van der Waals surface area contributed by atoms with E-state index in [9.17, 15) is 0 Å². The van der Waals surface area contributed by atoms with E-state index in [1.807, 2.05) is 18.2 Å². The van der Waals surface area contributed by atoms with Gasteiger partial charge in [-0.1, -0.05) is 346 Å². The zero-order valence-electron chi connectivity index (χ0n) is 60.4. The summed E-state index contributed by atoms with van der Waals surface area (Å²) in [6.45, 7) is 0. The molecule has 4 aromatic heterocycles. The summed E-state index contributed by atoms with van der Waals surface area (Å²) in [6, 6.07) is 136. The van der Waals surface area contributed by atoms with Gasteiger partial charge in [-0.3, -0.25) is 0 Å². The Morgan fingerprint density at radius 1 is 0.179 bits per heavy atom. The number of hydrogen-bond acceptors (Lipinski definition) is 6. The van der Waals surface area contributed by atoms with Crippen LogP contribution < -0.4 is 0 Å². The van der Waals surface area contributed by atoms with Gasteiger partial charge in [0.25, 0.3) is 0 Å². The fourth-order valence-corrected chi connectivity index (χ4v) is 19.6. The Morgan fingerprint density at radius 3 is 1.00 bits per heavy atom. The van der Waals surface area contributed by atoms with E-state index in [2.05, 4.69) is 367 Å². The molecule has 8 nitrogen and oxygen atoms in total. The topological polar surface area (TPSA) is 87.2 Å². The Labute approximate surface area is 645 Å². The predicted octanol–water partition coefficient (Wildman–Crippen LogP) is 24.6. The molecule has 2 spiro atoms. The Balaban J connectivity index is 0.600. The number of hydrogen-bond donors (Lipinski definition) is 0. The fourth-order valence-electron chi connectivity index (χ4n) is 19.6. The molecule has 2 unspecified atom stereocenters. The number of para-hydroxylation sites is 6. The third-order valence-corrected chi connectivity index (χ3v) is 24.3.